The average Bonchev–Trinajstić information content (AvgIpc) is 2.44. The van der Waals surface area contributed by atoms with Gasteiger partial charge in [0.05, 0.1) is 6.07 Å². The molecule has 2 rings (SSSR count). The Morgan fingerprint density at radius 1 is 1.25 bits per heavy atom. The molecule has 0 aromatic heterocycles. The summed E-state index contributed by atoms with van der Waals surface area (Å²) in [6.45, 7) is 1.96. The van der Waals surface area contributed by atoms with Crippen molar-refractivity contribution in [1.29, 1.82) is 5.26 Å². The Morgan fingerprint density at radius 2 is 1.90 bits per heavy atom. The van der Waals surface area contributed by atoms with Crippen molar-refractivity contribution in [3.05, 3.63) is 68.7 Å². The predicted molar refractivity (Wildman–Crippen MR) is 83.0 cm³/mol. The minimum atomic E-state index is -0.828. The zero-order valence-corrected chi connectivity index (χ0v) is 13.1. The van der Waals surface area contributed by atoms with Crippen LogP contribution in [0.15, 0.2) is 46.9 Å². The lowest BCUT2D eigenvalue weighted by Gasteiger charge is -2.10. The Hall–Kier alpha value is -1.63. The van der Waals surface area contributed by atoms with E-state index in [4.69, 9.17) is 11.6 Å². The van der Waals surface area contributed by atoms with Crippen LogP contribution in [0.4, 0.5) is 0 Å². The number of nitrogens with zero attached hydrogens (tertiary/aromatic N) is 1. The van der Waals surface area contributed by atoms with Gasteiger partial charge in [-0.05, 0) is 30.7 Å². The highest BCUT2D eigenvalue weighted by atomic mass is 79.9. The van der Waals surface area contributed by atoms with Crippen molar-refractivity contribution in [2.75, 3.05) is 0 Å². The van der Waals surface area contributed by atoms with E-state index in [0.29, 0.717) is 20.6 Å². The van der Waals surface area contributed by atoms with Gasteiger partial charge in [-0.1, -0.05) is 57.4 Å². The van der Waals surface area contributed by atoms with Crippen LogP contribution in [-0.2, 0) is 0 Å². The van der Waals surface area contributed by atoms with Crippen molar-refractivity contribution in [2.24, 2.45) is 0 Å². The number of nitriles is 1. The van der Waals surface area contributed by atoms with E-state index in [1.54, 1.807) is 30.3 Å². The molecule has 0 saturated carbocycles. The van der Waals surface area contributed by atoms with E-state index in [1.807, 2.05) is 19.1 Å². The average molecular weight is 349 g/mol. The van der Waals surface area contributed by atoms with Crippen molar-refractivity contribution < 1.29 is 4.79 Å². The maximum Gasteiger partial charge on any atom is 0.185 e. The van der Waals surface area contributed by atoms with Crippen molar-refractivity contribution >= 4 is 33.3 Å². The van der Waals surface area contributed by atoms with E-state index in [2.05, 4.69) is 22.0 Å². The first-order valence-corrected chi connectivity index (χ1v) is 7.15. The second kappa shape index (κ2) is 6.21. The molecule has 1 atom stereocenters. The summed E-state index contributed by atoms with van der Waals surface area (Å²) in [7, 11) is 0. The number of benzene rings is 2. The molecule has 20 heavy (non-hydrogen) atoms. The van der Waals surface area contributed by atoms with E-state index in [-0.39, 0.29) is 5.78 Å². The van der Waals surface area contributed by atoms with Gasteiger partial charge in [-0.3, -0.25) is 4.79 Å². The van der Waals surface area contributed by atoms with Crippen LogP contribution in [0.5, 0.6) is 0 Å². The minimum absolute atomic E-state index is 0.259. The molecule has 0 amide bonds. The molecule has 2 aromatic rings. The topological polar surface area (TPSA) is 40.9 Å². The van der Waals surface area contributed by atoms with Crippen LogP contribution in [0, 0.1) is 18.3 Å². The number of hydrogen-bond donors (Lipinski definition) is 0. The quantitative estimate of drug-likeness (QED) is 0.740. The molecule has 1 unspecified atom stereocenters. The molecule has 0 aliphatic carbocycles. The van der Waals surface area contributed by atoms with E-state index >= 15 is 0 Å². The van der Waals surface area contributed by atoms with E-state index < -0.39 is 5.92 Å². The van der Waals surface area contributed by atoms with Crippen molar-refractivity contribution in [3.63, 3.8) is 0 Å². The second-order valence-corrected chi connectivity index (χ2v) is 5.75. The molecule has 0 radical (unpaired) electrons. The fraction of sp³-hybridized carbons (Fsp3) is 0.125. The Bertz CT molecular complexity index is 689. The monoisotopic (exact) mass is 347 g/mol. The smallest absolute Gasteiger partial charge is 0.185 e. The lowest BCUT2D eigenvalue weighted by atomic mass is 9.91. The fourth-order valence-electron chi connectivity index (χ4n) is 1.89. The molecule has 0 heterocycles. The minimum Gasteiger partial charge on any atom is -0.292 e. The third-order valence-corrected chi connectivity index (χ3v) is 3.92. The molecule has 0 fully saturated rings. The first kappa shape index (κ1) is 14.8. The molecular formula is C16H11BrClNO. The largest absolute Gasteiger partial charge is 0.292 e. The summed E-state index contributed by atoms with van der Waals surface area (Å²) in [6, 6.07) is 14.4. The van der Waals surface area contributed by atoms with Crippen LogP contribution in [0.3, 0.4) is 0 Å². The molecule has 0 spiro atoms. The summed E-state index contributed by atoms with van der Waals surface area (Å²) < 4.78 is 0.638. The van der Waals surface area contributed by atoms with Gasteiger partial charge in [-0.15, -0.1) is 0 Å². The van der Waals surface area contributed by atoms with Gasteiger partial charge in [0.2, 0.25) is 0 Å². The van der Waals surface area contributed by atoms with Gasteiger partial charge in [0.1, 0.15) is 5.92 Å². The van der Waals surface area contributed by atoms with Crippen molar-refractivity contribution in [1.82, 2.24) is 0 Å². The number of rotatable bonds is 3. The van der Waals surface area contributed by atoms with Crippen LogP contribution in [0.25, 0.3) is 0 Å². The Labute approximate surface area is 131 Å². The normalized spacial score (nSPS) is 11.7. The Kier molecular flexibility index (Phi) is 4.59. The third kappa shape index (κ3) is 3.09. The number of Topliss-reactive ketones (excluding diaryl/α,β-unsaturated/α-hetero) is 1. The predicted octanol–water partition coefficient (Wildman–Crippen LogP) is 4.90. The first-order chi connectivity index (χ1) is 9.52. The number of carbonyl (C=O) groups is 1. The highest BCUT2D eigenvalue weighted by Crippen LogP contribution is 2.27. The lowest BCUT2D eigenvalue weighted by Crippen LogP contribution is -2.12. The highest BCUT2D eigenvalue weighted by Gasteiger charge is 2.23. The molecule has 0 aliphatic heterocycles. The highest BCUT2D eigenvalue weighted by molar-refractivity contribution is 9.10. The van der Waals surface area contributed by atoms with Crippen LogP contribution in [-0.4, -0.2) is 5.78 Å². The standard InChI is InChI=1S/C16H11BrClNO/c1-10-2-4-11(5-3-10)14(9-19)16(20)13-8-12(18)6-7-15(13)17/h2-8,14H,1H3. The zero-order valence-electron chi connectivity index (χ0n) is 10.7. The van der Waals surface area contributed by atoms with Gasteiger partial charge in [-0.25, -0.2) is 0 Å². The summed E-state index contributed by atoms with van der Waals surface area (Å²) in [5, 5.41) is 9.79. The van der Waals surface area contributed by atoms with Crippen LogP contribution in [0.1, 0.15) is 27.4 Å². The lowest BCUT2D eigenvalue weighted by molar-refractivity contribution is 0.0978. The molecule has 0 bridgehead atoms. The third-order valence-electron chi connectivity index (χ3n) is 3.00. The van der Waals surface area contributed by atoms with E-state index in [1.165, 1.54) is 0 Å². The number of ketones is 1. The van der Waals surface area contributed by atoms with Crippen molar-refractivity contribution in [3.8, 4) is 6.07 Å². The summed E-state index contributed by atoms with van der Waals surface area (Å²) in [5.41, 5.74) is 2.20. The van der Waals surface area contributed by atoms with Gasteiger partial charge in [0.25, 0.3) is 0 Å². The molecule has 0 N–H and O–H groups in total. The second-order valence-electron chi connectivity index (χ2n) is 4.46. The van der Waals surface area contributed by atoms with Crippen LogP contribution in [0.2, 0.25) is 5.02 Å². The molecule has 2 nitrogen and oxygen atoms in total. The molecule has 0 aliphatic rings. The molecule has 2 aromatic carbocycles. The Balaban J connectivity index is 2.42. The van der Waals surface area contributed by atoms with Gasteiger partial charge in [0.15, 0.2) is 5.78 Å². The number of aryl methyl sites for hydroxylation is 1. The van der Waals surface area contributed by atoms with Gasteiger partial charge in [-0.2, -0.15) is 5.26 Å². The maximum atomic E-state index is 12.5. The van der Waals surface area contributed by atoms with Crippen LogP contribution >= 0.6 is 27.5 Å². The summed E-state index contributed by atoms with van der Waals surface area (Å²) in [4.78, 5) is 12.5. The molecular weight excluding hydrogens is 338 g/mol. The fourth-order valence-corrected chi connectivity index (χ4v) is 2.50. The molecule has 4 heteroatoms. The van der Waals surface area contributed by atoms with Gasteiger partial charge < -0.3 is 0 Å². The first-order valence-electron chi connectivity index (χ1n) is 5.98. The molecule has 100 valence electrons. The van der Waals surface area contributed by atoms with E-state index in [9.17, 15) is 10.1 Å². The molecule has 0 saturated heterocycles. The summed E-state index contributed by atoms with van der Waals surface area (Å²) >= 11 is 9.24. The van der Waals surface area contributed by atoms with Gasteiger partial charge >= 0.3 is 0 Å². The van der Waals surface area contributed by atoms with Gasteiger partial charge in [0, 0.05) is 15.1 Å². The maximum absolute atomic E-state index is 12.5. The Morgan fingerprint density at radius 3 is 2.50 bits per heavy atom. The summed E-state index contributed by atoms with van der Waals surface area (Å²) in [5.74, 6) is -1.09. The summed E-state index contributed by atoms with van der Waals surface area (Å²) in [6.07, 6.45) is 0. The zero-order chi connectivity index (χ0) is 14.7. The number of hydrogen-bond acceptors (Lipinski definition) is 2. The number of carbonyl (C=O) groups excluding carboxylic acids is 1. The van der Waals surface area contributed by atoms with Crippen LogP contribution < -0.4 is 0 Å². The SMILES string of the molecule is Cc1ccc(C(C#N)C(=O)c2cc(Cl)ccc2Br)cc1. The number of halogens is 2. The van der Waals surface area contributed by atoms with Crippen molar-refractivity contribution in [2.45, 2.75) is 12.8 Å². The van der Waals surface area contributed by atoms with E-state index in [0.717, 1.165) is 5.56 Å².